The van der Waals surface area contributed by atoms with Gasteiger partial charge in [-0.25, -0.2) is 0 Å². The summed E-state index contributed by atoms with van der Waals surface area (Å²) < 4.78 is 11.3. The van der Waals surface area contributed by atoms with E-state index in [2.05, 4.69) is 93.7 Å². The molecule has 0 radical (unpaired) electrons. The summed E-state index contributed by atoms with van der Waals surface area (Å²) in [7, 11) is 0. The van der Waals surface area contributed by atoms with E-state index in [1.807, 2.05) is 0 Å². The van der Waals surface area contributed by atoms with E-state index >= 15 is 0 Å². The van der Waals surface area contributed by atoms with Crippen LogP contribution in [0.3, 0.4) is 0 Å². The van der Waals surface area contributed by atoms with Crippen molar-refractivity contribution < 1.29 is 126 Å². The van der Waals surface area contributed by atoms with Gasteiger partial charge in [-0.2, -0.15) is 0 Å². The molecule has 0 unspecified atom stereocenters. The predicted molar refractivity (Wildman–Crippen MR) is 137 cm³/mol. The zero-order chi connectivity index (χ0) is 25.4. The first-order valence-corrected chi connectivity index (χ1v) is 9.79. The van der Waals surface area contributed by atoms with Crippen molar-refractivity contribution in [3.8, 4) is 0 Å². The number of rotatable bonds is 4. The summed E-state index contributed by atoms with van der Waals surface area (Å²) in [6.45, 7) is 31.8. The second-order valence-corrected chi connectivity index (χ2v) is 11.6. The molecule has 0 heterocycles. The molecule has 0 atom stereocenters. The van der Waals surface area contributed by atoms with Crippen molar-refractivity contribution in [1.82, 2.24) is 0 Å². The number of carbonyl (C=O) groups excluding carboxylic acids is 2. The number of hydrogen-bond donors (Lipinski definition) is 0. The van der Waals surface area contributed by atoms with Gasteiger partial charge in [0.15, 0.2) is 0 Å². The Morgan fingerprint density at radius 1 is 0.636 bits per heavy atom. The maximum atomic E-state index is 9.11. The summed E-state index contributed by atoms with van der Waals surface area (Å²) in [5.74, 6) is 0. The zero-order valence-electron chi connectivity index (χ0n) is 25.4. The molecule has 0 aliphatic heterocycles. The van der Waals surface area contributed by atoms with Crippen LogP contribution in [0.2, 0.25) is 0 Å². The SMILES string of the molecule is C.C.CC(C)(C)C[N-]CC(C)(C)C.CC(C)(C)C[N-]CC(C)(C)C.[2H]C(=O)[O-].[2H]C(C)=O.[K+].[K+].[OH-]. The first kappa shape index (κ1) is 51.8. The molecular formula is C25H58K2N2O4-2. The van der Waals surface area contributed by atoms with Crippen molar-refractivity contribution in [2.75, 3.05) is 26.2 Å². The van der Waals surface area contributed by atoms with Gasteiger partial charge in [0, 0.05) is 6.45 Å². The van der Waals surface area contributed by atoms with Gasteiger partial charge in [0.2, 0.25) is 0 Å². The van der Waals surface area contributed by atoms with Crippen LogP contribution in [-0.2, 0) is 9.59 Å². The van der Waals surface area contributed by atoms with Crippen molar-refractivity contribution in [2.45, 2.75) is 105 Å². The van der Waals surface area contributed by atoms with Crippen LogP contribution < -0.4 is 108 Å². The molecule has 6 nitrogen and oxygen atoms in total. The second-order valence-electron chi connectivity index (χ2n) is 11.6. The molecule has 0 aromatic rings. The van der Waals surface area contributed by atoms with Crippen LogP contribution in [0.4, 0.5) is 0 Å². The normalized spacial score (nSPS) is 10.7. The second kappa shape index (κ2) is 32.3. The molecule has 0 saturated heterocycles. The molecule has 1 N–H and O–H groups in total. The third kappa shape index (κ3) is 107. The van der Waals surface area contributed by atoms with E-state index in [0.29, 0.717) is 21.7 Å². The monoisotopic (exact) mass is 530 g/mol. The third-order valence-electron chi connectivity index (χ3n) is 2.34. The van der Waals surface area contributed by atoms with Gasteiger partial charge in [0.1, 0.15) is 7.63 Å². The van der Waals surface area contributed by atoms with Gasteiger partial charge in [-0.3, -0.25) is 0 Å². The van der Waals surface area contributed by atoms with Gasteiger partial charge in [0.25, 0.3) is 0 Å². The molecule has 33 heavy (non-hydrogen) atoms. The van der Waals surface area contributed by atoms with Gasteiger partial charge in [-0.15, -0.1) is 26.2 Å². The largest absolute Gasteiger partial charge is 1.00 e. The average Bonchev–Trinajstić information content (AvgIpc) is 2.30. The summed E-state index contributed by atoms with van der Waals surface area (Å²) in [6, 6.07) is 0. The van der Waals surface area contributed by atoms with E-state index < -0.39 is 12.7 Å². The molecule has 8 heteroatoms. The average molecular weight is 531 g/mol. The van der Waals surface area contributed by atoms with E-state index in [4.69, 9.17) is 17.4 Å². The van der Waals surface area contributed by atoms with E-state index in [9.17, 15) is 0 Å². The van der Waals surface area contributed by atoms with E-state index in [1.54, 1.807) is 0 Å². The fourth-order valence-electron chi connectivity index (χ4n) is 1.45. The fraction of sp³-hybridized carbons (Fsp3) is 0.920. The summed E-state index contributed by atoms with van der Waals surface area (Å²) in [4.78, 5) is 17.7. The van der Waals surface area contributed by atoms with E-state index in [1.165, 1.54) is 6.92 Å². The molecule has 0 saturated carbocycles. The minimum atomic E-state index is -1.83. The maximum Gasteiger partial charge on any atom is 1.00 e. The summed E-state index contributed by atoms with van der Waals surface area (Å²) in [5, 5.41) is 17.6. The topological polar surface area (TPSA) is 115 Å². The zero-order valence-corrected chi connectivity index (χ0v) is 29.6. The van der Waals surface area contributed by atoms with Crippen molar-refractivity contribution in [3.05, 3.63) is 10.6 Å². The molecule has 0 aliphatic rings. The van der Waals surface area contributed by atoms with Crippen LogP contribution in [0.1, 0.15) is 108 Å². The van der Waals surface area contributed by atoms with Crippen molar-refractivity contribution in [2.24, 2.45) is 21.7 Å². The molecule has 0 bridgehead atoms. The van der Waals surface area contributed by atoms with E-state index in [-0.39, 0.29) is 123 Å². The van der Waals surface area contributed by atoms with Gasteiger partial charge >= 0.3 is 103 Å². The van der Waals surface area contributed by atoms with Crippen LogP contribution in [0.5, 0.6) is 0 Å². The molecular weight excluding hydrogens is 470 g/mol. The van der Waals surface area contributed by atoms with Crippen molar-refractivity contribution in [1.29, 1.82) is 0 Å². The standard InChI is InChI=1S/2C10H22N.C2H4O.CH2O2.2CH4.2K.H2O/c2*1-9(2,3)7-11-8-10(4,5)6;1-2-3;2-1-3;;;;;/h2*7-8H2,1-6H3;2H,1H3;1H,(H,2,3);2*1H4;;;1H2/q2*-1;;;;;2*+1;/p-2/i;;2D;1D;;;;;. The van der Waals surface area contributed by atoms with Crippen molar-refractivity contribution >= 4 is 12.7 Å². The molecule has 0 spiro atoms. The quantitative estimate of drug-likeness (QED) is 0.390. The molecule has 0 aromatic heterocycles. The van der Waals surface area contributed by atoms with Crippen molar-refractivity contribution in [3.63, 3.8) is 0 Å². The molecule has 196 valence electrons. The number of hydrogen-bond acceptors (Lipinski definition) is 4. The number of carboxylic acid groups (broad SMARTS) is 1. The molecule has 0 aliphatic carbocycles. The Balaban J connectivity index is -0.0000000381. The Hall–Kier alpha value is 2.29. The Morgan fingerprint density at radius 2 is 0.727 bits per heavy atom. The Kier molecular flexibility index (Phi) is 50.8. The Morgan fingerprint density at radius 3 is 0.788 bits per heavy atom. The van der Waals surface area contributed by atoms with Gasteiger partial charge in [-0.1, -0.05) is 120 Å². The van der Waals surface area contributed by atoms with Gasteiger partial charge in [-0.05, 0) is 6.92 Å². The Bertz CT molecular complexity index is 378. The van der Waals surface area contributed by atoms with Gasteiger partial charge in [0.05, 0.1) is 1.37 Å². The molecule has 0 fully saturated rings. The minimum Gasteiger partial charge on any atom is -0.870 e. The number of carbonyl (C=O) groups is 2. The first-order chi connectivity index (χ1) is 12.9. The fourth-order valence-corrected chi connectivity index (χ4v) is 1.45. The van der Waals surface area contributed by atoms with Crippen LogP contribution in [0.25, 0.3) is 10.6 Å². The smallest absolute Gasteiger partial charge is 0.870 e. The summed E-state index contributed by atoms with van der Waals surface area (Å²) in [6.07, 6.45) is -2.42. The van der Waals surface area contributed by atoms with Crippen LogP contribution in [0.15, 0.2) is 0 Å². The molecule has 0 aromatic carbocycles. The molecule has 0 amide bonds. The van der Waals surface area contributed by atoms with Crippen LogP contribution in [-0.4, -0.2) is 44.4 Å². The summed E-state index contributed by atoms with van der Waals surface area (Å²) in [5.41, 5.74) is 1.41. The third-order valence-corrected chi connectivity index (χ3v) is 2.34. The minimum absolute atomic E-state index is 0. The predicted octanol–water partition coefficient (Wildman–Crippen LogP) is 0.579. The molecule has 0 rings (SSSR count). The maximum absolute atomic E-state index is 9.11. The van der Waals surface area contributed by atoms with E-state index in [0.717, 1.165) is 26.2 Å². The van der Waals surface area contributed by atoms with Crippen LogP contribution >= 0.6 is 0 Å². The number of nitrogens with zero attached hydrogens (tertiary/aromatic N) is 2. The number of aldehydes is 1. The Labute approximate surface area is 297 Å². The van der Waals surface area contributed by atoms with Crippen LogP contribution in [0, 0.1) is 21.7 Å². The first-order valence-electron chi connectivity index (χ1n) is 10.8. The van der Waals surface area contributed by atoms with Gasteiger partial charge < -0.3 is 30.8 Å². The summed E-state index contributed by atoms with van der Waals surface area (Å²) >= 11 is 0.